The second-order valence-electron chi connectivity index (χ2n) is 3.40. The quantitative estimate of drug-likeness (QED) is 0.585. The molecule has 0 aromatic heterocycles. The third-order valence-corrected chi connectivity index (χ3v) is 2.13. The first-order valence-corrected chi connectivity index (χ1v) is 4.42. The van der Waals surface area contributed by atoms with Crippen molar-refractivity contribution >= 4 is 0 Å². The maximum absolute atomic E-state index is 3.97. The normalized spacial score (nSPS) is 23.8. The van der Waals surface area contributed by atoms with Gasteiger partial charge in [0.1, 0.15) is 0 Å². The van der Waals surface area contributed by atoms with Crippen molar-refractivity contribution in [1.82, 2.24) is 5.32 Å². The monoisotopic (exact) mass is 163 g/mol. The van der Waals surface area contributed by atoms with Gasteiger partial charge < -0.3 is 5.32 Å². The van der Waals surface area contributed by atoms with Crippen LogP contribution in [0.25, 0.3) is 0 Å². The van der Waals surface area contributed by atoms with Crippen molar-refractivity contribution in [3.8, 4) is 0 Å². The molecule has 0 fully saturated rings. The van der Waals surface area contributed by atoms with Crippen LogP contribution >= 0.6 is 0 Å². The van der Waals surface area contributed by atoms with Crippen LogP contribution in [0, 0.1) is 0 Å². The summed E-state index contributed by atoms with van der Waals surface area (Å²) < 4.78 is 0. The van der Waals surface area contributed by atoms with Gasteiger partial charge in [-0.25, -0.2) is 0 Å². The number of rotatable bonds is 1. The number of hydrogen-bond donors (Lipinski definition) is 1. The summed E-state index contributed by atoms with van der Waals surface area (Å²) in [7, 11) is 0. The van der Waals surface area contributed by atoms with Gasteiger partial charge in [0.15, 0.2) is 0 Å². The van der Waals surface area contributed by atoms with Crippen molar-refractivity contribution < 1.29 is 0 Å². The highest BCUT2D eigenvalue weighted by Gasteiger charge is 2.02. The van der Waals surface area contributed by atoms with Gasteiger partial charge in [-0.05, 0) is 25.3 Å². The lowest BCUT2D eigenvalue weighted by Crippen LogP contribution is -2.21. The molecule has 0 radical (unpaired) electrons. The van der Waals surface area contributed by atoms with Crippen molar-refractivity contribution in [1.29, 1.82) is 0 Å². The molecule has 0 bridgehead atoms. The van der Waals surface area contributed by atoms with Crippen LogP contribution in [0.15, 0.2) is 36.0 Å². The first-order valence-electron chi connectivity index (χ1n) is 4.42. The lowest BCUT2D eigenvalue weighted by molar-refractivity contribution is 0.743. The summed E-state index contributed by atoms with van der Waals surface area (Å²) in [5, 5.41) is 3.34. The molecule has 0 spiro atoms. The zero-order valence-electron chi connectivity index (χ0n) is 7.82. The second-order valence-corrected chi connectivity index (χ2v) is 3.40. The Morgan fingerprint density at radius 2 is 2.25 bits per heavy atom. The van der Waals surface area contributed by atoms with Crippen molar-refractivity contribution in [3.63, 3.8) is 0 Å². The van der Waals surface area contributed by atoms with Crippen LogP contribution in [-0.2, 0) is 0 Å². The van der Waals surface area contributed by atoms with E-state index in [0.29, 0.717) is 0 Å². The fourth-order valence-corrected chi connectivity index (χ4v) is 1.31. The van der Waals surface area contributed by atoms with E-state index in [4.69, 9.17) is 0 Å². The smallest absolute Gasteiger partial charge is 0.0207 e. The molecule has 66 valence electrons. The molecular formula is C11H17N. The summed E-state index contributed by atoms with van der Waals surface area (Å²) in [4.78, 5) is 0. The Labute approximate surface area is 74.9 Å². The summed E-state index contributed by atoms with van der Waals surface area (Å²) in [6.07, 6.45) is 4.48. The second kappa shape index (κ2) is 4.27. The van der Waals surface area contributed by atoms with Crippen LogP contribution in [-0.4, -0.2) is 13.1 Å². The van der Waals surface area contributed by atoms with Gasteiger partial charge in [0.25, 0.3) is 0 Å². The predicted molar refractivity (Wildman–Crippen MR) is 54.1 cm³/mol. The Bertz CT molecular complexity index is 223. The first kappa shape index (κ1) is 9.27. The molecule has 1 nitrogen and oxygen atoms in total. The lowest BCUT2D eigenvalue weighted by atomic mass is 10.0. The SMILES string of the molecule is C=C1CC/C=C(/C(=C)C)CNC1. The van der Waals surface area contributed by atoms with Gasteiger partial charge in [0, 0.05) is 13.1 Å². The Balaban J connectivity index is 2.59. The molecule has 0 unspecified atom stereocenters. The molecule has 0 aromatic rings. The van der Waals surface area contributed by atoms with Crippen LogP contribution in [0.4, 0.5) is 0 Å². The third kappa shape index (κ3) is 2.67. The summed E-state index contributed by atoms with van der Waals surface area (Å²) >= 11 is 0. The van der Waals surface area contributed by atoms with Crippen LogP contribution in [0.2, 0.25) is 0 Å². The van der Waals surface area contributed by atoms with E-state index in [0.717, 1.165) is 25.9 Å². The van der Waals surface area contributed by atoms with Crippen LogP contribution in [0.5, 0.6) is 0 Å². The average Bonchev–Trinajstić information content (AvgIpc) is 1.95. The summed E-state index contributed by atoms with van der Waals surface area (Å²) in [5.41, 5.74) is 3.82. The molecule has 0 amide bonds. The molecule has 1 aliphatic rings. The Morgan fingerprint density at radius 3 is 2.92 bits per heavy atom. The number of allylic oxidation sites excluding steroid dienone is 1. The summed E-state index contributed by atoms with van der Waals surface area (Å²) in [6.45, 7) is 11.9. The number of nitrogens with one attached hydrogen (secondary N) is 1. The molecular weight excluding hydrogens is 146 g/mol. The molecule has 0 atom stereocenters. The highest BCUT2D eigenvalue weighted by molar-refractivity contribution is 5.28. The molecule has 1 aliphatic heterocycles. The van der Waals surface area contributed by atoms with E-state index >= 15 is 0 Å². The van der Waals surface area contributed by atoms with E-state index in [9.17, 15) is 0 Å². The minimum Gasteiger partial charge on any atom is -0.309 e. The van der Waals surface area contributed by atoms with Gasteiger partial charge >= 0.3 is 0 Å². The maximum atomic E-state index is 3.97. The van der Waals surface area contributed by atoms with E-state index in [2.05, 4.69) is 31.5 Å². The van der Waals surface area contributed by atoms with E-state index in [1.54, 1.807) is 0 Å². The highest BCUT2D eigenvalue weighted by atomic mass is 14.9. The molecule has 1 N–H and O–H groups in total. The van der Waals surface area contributed by atoms with Gasteiger partial charge in [0.2, 0.25) is 0 Å². The highest BCUT2D eigenvalue weighted by Crippen LogP contribution is 2.12. The van der Waals surface area contributed by atoms with Crippen molar-refractivity contribution in [2.75, 3.05) is 13.1 Å². The minimum atomic E-state index is 0.939. The molecule has 0 aliphatic carbocycles. The lowest BCUT2D eigenvalue weighted by Gasteiger charge is -2.14. The number of hydrogen-bond acceptors (Lipinski definition) is 1. The van der Waals surface area contributed by atoms with Crippen LogP contribution < -0.4 is 5.32 Å². The van der Waals surface area contributed by atoms with E-state index in [1.165, 1.54) is 16.7 Å². The fourth-order valence-electron chi connectivity index (χ4n) is 1.31. The third-order valence-electron chi connectivity index (χ3n) is 2.13. The first-order chi connectivity index (χ1) is 5.70. The summed E-state index contributed by atoms with van der Waals surface area (Å²) in [5.74, 6) is 0. The Kier molecular flexibility index (Phi) is 3.30. The molecule has 1 heteroatoms. The van der Waals surface area contributed by atoms with E-state index in [-0.39, 0.29) is 0 Å². The Hall–Kier alpha value is -0.820. The molecule has 1 heterocycles. The van der Waals surface area contributed by atoms with Crippen molar-refractivity contribution in [3.05, 3.63) is 36.0 Å². The average molecular weight is 163 g/mol. The van der Waals surface area contributed by atoms with Crippen molar-refractivity contribution in [2.45, 2.75) is 19.8 Å². The molecule has 0 saturated carbocycles. The topological polar surface area (TPSA) is 12.0 Å². The van der Waals surface area contributed by atoms with Crippen LogP contribution in [0.1, 0.15) is 19.8 Å². The minimum absolute atomic E-state index is 0.939. The maximum Gasteiger partial charge on any atom is 0.0207 e. The zero-order valence-corrected chi connectivity index (χ0v) is 7.82. The fraction of sp³-hybridized carbons (Fsp3) is 0.455. The van der Waals surface area contributed by atoms with Gasteiger partial charge in [-0.1, -0.05) is 30.4 Å². The van der Waals surface area contributed by atoms with Crippen LogP contribution in [0.3, 0.4) is 0 Å². The molecule has 1 rings (SSSR count). The molecule has 0 saturated heterocycles. The van der Waals surface area contributed by atoms with Gasteiger partial charge in [-0.2, -0.15) is 0 Å². The van der Waals surface area contributed by atoms with E-state index in [1.807, 2.05) is 0 Å². The predicted octanol–water partition coefficient (Wildman–Crippen LogP) is 2.43. The molecule has 12 heavy (non-hydrogen) atoms. The van der Waals surface area contributed by atoms with E-state index < -0.39 is 0 Å². The molecule has 0 aromatic carbocycles. The van der Waals surface area contributed by atoms with Gasteiger partial charge in [-0.15, -0.1) is 0 Å². The van der Waals surface area contributed by atoms with Crippen molar-refractivity contribution in [2.24, 2.45) is 0 Å². The van der Waals surface area contributed by atoms with Gasteiger partial charge in [0.05, 0.1) is 0 Å². The van der Waals surface area contributed by atoms with Gasteiger partial charge in [-0.3, -0.25) is 0 Å². The Morgan fingerprint density at radius 1 is 1.50 bits per heavy atom. The zero-order chi connectivity index (χ0) is 8.97. The largest absolute Gasteiger partial charge is 0.309 e. The summed E-state index contributed by atoms with van der Waals surface area (Å²) in [6, 6.07) is 0. The standard InChI is InChI=1S/C11H17N/c1-9(2)11-6-4-5-10(3)7-12-8-11/h6,12H,1,3-5,7-8H2,2H3/b11-6+.